The average Bonchev–Trinajstić information content (AvgIpc) is 2.23. The van der Waals surface area contributed by atoms with E-state index in [1.807, 2.05) is 36.4 Å². The molecule has 0 aliphatic heterocycles. The van der Waals surface area contributed by atoms with Crippen molar-refractivity contribution in [3.63, 3.8) is 0 Å². The van der Waals surface area contributed by atoms with E-state index in [0.29, 0.717) is 0 Å². The number of hydrogen-bond donors (Lipinski definition) is 2. The van der Waals surface area contributed by atoms with Crippen LogP contribution < -0.4 is 0 Å². The summed E-state index contributed by atoms with van der Waals surface area (Å²) >= 11 is 4.31. The number of oxime groups is 1. The summed E-state index contributed by atoms with van der Waals surface area (Å²) in [5.74, 6) is 0. The van der Waals surface area contributed by atoms with E-state index in [4.69, 9.17) is 5.21 Å². The Balaban J connectivity index is 2.82. The van der Waals surface area contributed by atoms with Gasteiger partial charge >= 0.3 is 0 Å². The Hall–Kier alpha value is -1.48. The van der Waals surface area contributed by atoms with E-state index in [2.05, 4.69) is 17.8 Å². The van der Waals surface area contributed by atoms with Gasteiger partial charge in [0.15, 0.2) is 0 Å². The van der Waals surface area contributed by atoms with Crippen molar-refractivity contribution >= 4 is 29.6 Å². The Bertz CT molecular complexity index is 494. The van der Waals surface area contributed by atoms with Crippen molar-refractivity contribution in [3.05, 3.63) is 42.0 Å². The van der Waals surface area contributed by atoms with Gasteiger partial charge in [-0.15, -0.1) is 12.6 Å². The van der Waals surface area contributed by atoms with Gasteiger partial charge in [0.2, 0.25) is 0 Å². The second-order valence-corrected chi connectivity index (χ2v) is 3.45. The second kappa shape index (κ2) is 3.72. The molecule has 70 valence electrons. The van der Waals surface area contributed by atoms with Crippen LogP contribution in [0.3, 0.4) is 0 Å². The van der Waals surface area contributed by atoms with Gasteiger partial charge in [-0.05, 0) is 16.8 Å². The maximum atomic E-state index is 8.54. The Morgan fingerprint density at radius 3 is 2.71 bits per heavy atom. The zero-order chi connectivity index (χ0) is 9.97. The minimum absolute atomic E-state index is 0.807. The lowest BCUT2D eigenvalue weighted by molar-refractivity contribution is 0.322. The van der Waals surface area contributed by atoms with Crippen LogP contribution in [0.15, 0.2) is 46.4 Å². The lowest BCUT2D eigenvalue weighted by atomic mass is 10.1. The Morgan fingerprint density at radius 2 is 1.93 bits per heavy atom. The summed E-state index contributed by atoms with van der Waals surface area (Å²) in [6, 6.07) is 11.8. The maximum absolute atomic E-state index is 8.54. The fraction of sp³-hybridized carbons (Fsp3) is 0. The van der Waals surface area contributed by atoms with Gasteiger partial charge in [0, 0.05) is 10.5 Å². The van der Waals surface area contributed by atoms with Gasteiger partial charge in [0.1, 0.15) is 0 Å². The van der Waals surface area contributed by atoms with Gasteiger partial charge in [-0.2, -0.15) is 0 Å². The molecule has 0 aliphatic rings. The molecule has 1 N–H and O–H groups in total. The third kappa shape index (κ3) is 1.46. The van der Waals surface area contributed by atoms with E-state index in [-0.39, 0.29) is 0 Å². The first kappa shape index (κ1) is 9.09. The minimum Gasteiger partial charge on any atom is -0.411 e. The van der Waals surface area contributed by atoms with E-state index in [1.165, 1.54) is 6.21 Å². The summed E-state index contributed by atoms with van der Waals surface area (Å²) in [5, 5.41) is 13.7. The summed E-state index contributed by atoms with van der Waals surface area (Å²) in [6.45, 7) is 0. The van der Waals surface area contributed by atoms with Gasteiger partial charge < -0.3 is 5.21 Å². The molecule has 0 amide bonds. The number of benzene rings is 2. The second-order valence-electron chi connectivity index (χ2n) is 2.96. The normalized spacial score (nSPS) is 11.2. The number of thiol groups is 1. The van der Waals surface area contributed by atoms with Gasteiger partial charge in [-0.1, -0.05) is 35.5 Å². The molecule has 0 aliphatic carbocycles. The average molecular weight is 203 g/mol. The first-order valence-corrected chi connectivity index (χ1v) is 4.66. The Labute approximate surface area is 87.3 Å². The van der Waals surface area contributed by atoms with Crippen molar-refractivity contribution in [3.8, 4) is 0 Å². The molecule has 0 fully saturated rings. The highest BCUT2D eigenvalue weighted by molar-refractivity contribution is 7.80. The van der Waals surface area contributed by atoms with Crippen molar-refractivity contribution in [2.24, 2.45) is 5.16 Å². The van der Waals surface area contributed by atoms with Gasteiger partial charge in [0.05, 0.1) is 6.21 Å². The molecule has 3 heteroatoms. The molecule has 0 aromatic heterocycles. The molecule has 2 aromatic rings. The predicted molar refractivity (Wildman–Crippen MR) is 60.6 cm³/mol. The van der Waals surface area contributed by atoms with Crippen molar-refractivity contribution in [2.45, 2.75) is 4.90 Å². The van der Waals surface area contributed by atoms with Crippen LogP contribution in [0.1, 0.15) is 5.56 Å². The van der Waals surface area contributed by atoms with Gasteiger partial charge in [0.25, 0.3) is 0 Å². The molecular formula is C11H9NOS. The summed E-state index contributed by atoms with van der Waals surface area (Å²) in [5.41, 5.74) is 0.842. The first-order valence-electron chi connectivity index (χ1n) is 4.21. The molecule has 2 aromatic carbocycles. The van der Waals surface area contributed by atoms with Crippen molar-refractivity contribution in [2.75, 3.05) is 0 Å². The third-order valence-electron chi connectivity index (χ3n) is 2.13. The first-order chi connectivity index (χ1) is 6.83. The summed E-state index contributed by atoms with van der Waals surface area (Å²) in [6.07, 6.45) is 1.41. The Kier molecular flexibility index (Phi) is 2.41. The SMILES string of the molecule is ON=Cc1c(S)ccc2ccccc12. The van der Waals surface area contributed by atoms with Gasteiger partial charge in [-0.25, -0.2) is 0 Å². The topological polar surface area (TPSA) is 32.6 Å². The fourth-order valence-electron chi connectivity index (χ4n) is 1.48. The lowest BCUT2D eigenvalue weighted by Gasteiger charge is -2.03. The highest BCUT2D eigenvalue weighted by Crippen LogP contribution is 2.23. The molecule has 2 nitrogen and oxygen atoms in total. The van der Waals surface area contributed by atoms with Crippen LogP contribution in [-0.2, 0) is 0 Å². The van der Waals surface area contributed by atoms with Crippen LogP contribution >= 0.6 is 12.6 Å². The monoisotopic (exact) mass is 203 g/mol. The van der Waals surface area contributed by atoms with Crippen LogP contribution in [0.25, 0.3) is 10.8 Å². The largest absolute Gasteiger partial charge is 0.411 e. The molecule has 14 heavy (non-hydrogen) atoms. The highest BCUT2D eigenvalue weighted by Gasteiger charge is 2.01. The number of fused-ring (bicyclic) bond motifs is 1. The molecule has 0 atom stereocenters. The molecular weight excluding hydrogens is 194 g/mol. The summed E-state index contributed by atoms with van der Waals surface area (Å²) in [4.78, 5) is 0.807. The molecule has 0 unspecified atom stereocenters. The predicted octanol–water partition coefficient (Wildman–Crippen LogP) is 2.94. The Morgan fingerprint density at radius 1 is 1.14 bits per heavy atom. The van der Waals surface area contributed by atoms with Crippen LogP contribution in [-0.4, -0.2) is 11.4 Å². The number of nitrogens with zero attached hydrogens (tertiary/aromatic N) is 1. The minimum atomic E-state index is 0.807. The summed E-state index contributed by atoms with van der Waals surface area (Å²) < 4.78 is 0. The molecule has 2 rings (SSSR count). The van der Waals surface area contributed by atoms with Gasteiger partial charge in [-0.3, -0.25) is 0 Å². The van der Waals surface area contributed by atoms with Crippen molar-refractivity contribution in [1.29, 1.82) is 0 Å². The summed E-state index contributed by atoms with van der Waals surface area (Å²) in [7, 11) is 0. The van der Waals surface area contributed by atoms with Crippen LogP contribution in [0.5, 0.6) is 0 Å². The van der Waals surface area contributed by atoms with Crippen molar-refractivity contribution in [1.82, 2.24) is 0 Å². The number of rotatable bonds is 1. The van der Waals surface area contributed by atoms with E-state index >= 15 is 0 Å². The quantitative estimate of drug-likeness (QED) is 0.317. The van der Waals surface area contributed by atoms with Crippen LogP contribution in [0.4, 0.5) is 0 Å². The van der Waals surface area contributed by atoms with E-state index in [9.17, 15) is 0 Å². The molecule has 0 bridgehead atoms. The smallest absolute Gasteiger partial charge is 0.0751 e. The van der Waals surface area contributed by atoms with E-state index < -0.39 is 0 Å². The molecule has 0 saturated carbocycles. The fourth-order valence-corrected chi connectivity index (χ4v) is 1.73. The maximum Gasteiger partial charge on any atom is 0.0751 e. The van der Waals surface area contributed by atoms with Crippen molar-refractivity contribution < 1.29 is 5.21 Å². The zero-order valence-electron chi connectivity index (χ0n) is 7.38. The van der Waals surface area contributed by atoms with Crippen LogP contribution in [0.2, 0.25) is 0 Å². The lowest BCUT2D eigenvalue weighted by Crippen LogP contribution is -1.86. The molecule has 0 saturated heterocycles. The van der Waals surface area contributed by atoms with E-state index in [1.54, 1.807) is 0 Å². The number of hydrogen-bond acceptors (Lipinski definition) is 3. The standard InChI is InChI=1S/C11H9NOS/c13-12-7-10-9-4-2-1-3-8(9)5-6-11(10)14/h1-7,13-14H. The molecule has 0 heterocycles. The van der Waals surface area contributed by atoms with E-state index in [0.717, 1.165) is 21.2 Å². The highest BCUT2D eigenvalue weighted by atomic mass is 32.1. The molecule has 0 radical (unpaired) electrons. The zero-order valence-corrected chi connectivity index (χ0v) is 8.28. The van der Waals surface area contributed by atoms with Crippen LogP contribution in [0, 0.1) is 0 Å². The third-order valence-corrected chi connectivity index (χ3v) is 2.52. The molecule has 0 spiro atoms.